The average molecular weight is 236 g/mol. The number of hydrogen-bond acceptors (Lipinski definition) is 3. The molecule has 2 bridgehead atoms. The van der Waals surface area contributed by atoms with Crippen LogP contribution < -0.4 is 0 Å². The van der Waals surface area contributed by atoms with E-state index in [9.17, 15) is 9.59 Å². The maximum atomic E-state index is 11.9. The molecule has 0 N–H and O–H groups in total. The van der Waals surface area contributed by atoms with E-state index in [1.54, 1.807) is 0 Å². The molecule has 0 amide bonds. The van der Waals surface area contributed by atoms with E-state index in [0.29, 0.717) is 17.8 Å². The van der Waals surface area contributed by atoms with Crippen LogP contribution in [0, 0.1) is 35.5 Å². The average Bonchev–Trinajstić information content (AvgIpc) is 2.94. The third kappa shape index (κ3) is 1.47. The summed E-state index contributed by atoms with van der Waals surface area (Å²) in [5.41, 5.74) is 0. The zero-order chi connectivity index (χ0) is 12.2. The molecule has 3 heteroatoms. The predicted molar refractivity (Wildman–Crippen MR) is 61.9 cm³/mol. The van der Waals surface area contributed by atoms with Gasteiger partial charge in [0.25, 0.3) is 0 Å². The fourth-order valence-corrected chi connectivity index (χ4v) is 4.72. The van der Waals surface area contributed by atoms with Crippen LogP contribution in [-0.2, 0) is 14.3 Å². The Morgan fingerprint density at radius 3 is 2.47 bits per heavy atom. The Morgan fingerprint density at radius 1 is 1.18 bits per heavy atom. The molecule has 94 valence electrons. The SMILES string of the molecule is CCC1C2CCC(C2)C1C1C(=O)OC(=O)C1C. The predicted octanol–water partition coefficient (Wildman–Crippen LogP) is 2.39. The fraction of sp³-hybridized carbons (Fsp3) is 0.857. The molecular weight excluding hydrogens is 216 g/mol. The van der Waals surface area contributed by atoms with Gasteiger partial charge < -0.3 is 4.74 Å². The Bertz CT molecular complexity index is 362. The van der Waals surface area contributed by atoms with Crippen molar-refractivity contribution < 1.29 is 14.3 Å². The third-order valence-corrected chi connectivity index (χ3v) is 5.43. The topological polar surface area (TPSA) is 43.4 Å². The van der Waals surface area contributed by atoms with E-state index in [1.807, 2.05) is 6.92 Å². The van der Waals surface area contributed by atoms with Crippen molar-refractivity contribution >= 4 is 11.9 Å². The van der Waals surface area contributed by atoms with Crippen molar-refractivity contribution in [1.29, 1.82) is 0 Å². The summed E-state index contributed by atoms with van der Waals surface area (Å²) in [5.74, 6) is 1.58. The van der Waals surface area contributed by atoms with E-state index in [2.05, 4.69) is 6.92 Å². The van der Waals surface area contributed by atoms with Gasteiger partial charge in [-0.3, -0.25) is 9.59 Å². The van der Waals surface area contributed by atoms with Gasteiger partial charge in [0.15, 0.2) is 0 Å². The molecular formula is C14H20O3. The molecule has 0 radical (unpaired) electrons. The van der Waals surface area contributed by atoms with Crippen molar-refractivity contribution in [3.05, 3.63) is 0 Å². The molecule has 0 aromatic carbocycles. The van der Waals surface area contributed by atoms with Crippen molar-refractivity contribution in [2.45, 2.75) is 39.5 Å². The molecule has 2 saturated carbocycles. The largest absolute Gasteiger partial charge is 0.393 e. The van der Waals surface area contributed by atoms with Crippen LogP contribution in [0.2, 0.25) is 0 Å². The minimum Gasteiger partial charge on any atom is -0.393 e. The van der Waals surface area contributed by atoms with Crippen molar-refractivity contribution in [2.24, 2.45) is 35.5 Å². The third-order valence-electron chi connectivity index (χ3n) is 5.43. The number of rotatable bonds is 2. The molecule has 3 fully saturated rings. The second-order valence-electron chi connectivity index (χ2n) is 6.04. The summed E-state index contributed by atoms with van der Waals surface area (Å²) in [5, 5.41) is 0. The smallest absolute Gasteiger partial charge is 0.317 e. The monoisotopic (exact) mass is 236 g/mol. The van der Waals surface area contributed by atoms with E-state index in [-0.39, 0.29) is 23.8 Å². The lowest BCUT2D eigenvalue weighted by molar-refractivity contribution is -0.154. The highest BCUT2D eigenvalue weighted by atomic mass is 16.6. The van der Waals surface area contributed by atoms with Crippen molar-refractivity contribution in [3.8, 4) is 0 Å². The Kier molecular flexibility index (Phi) is 2.53. The molecule has 1 saturated heterocycles. The number of carbonyl (C=O) groups excluding carboxylic acids is 2. The van der Waals surface area contributed by atoms with Gasteiger partial charge in [0.05, 0.1) is 11.8 Å². The lowest BCUT2D eigenvalue weighted by atomic mass is 9.68. The molecule has 3 rings (SSSR count). The van der Waals surface area contributed by atoms with Gasteiger partial charge in [-0.05, 0) is 42.9 Å². The van der Waals surface area contributed by atoms with Crippen LogP contribution >= 0.6 is 0 Å². The maximum absolute atomic E-state index is 11.9. The summed E-state index contributed by atoms with van der Waals surface area (Å²) in [6.45, 7) is 4.07. The van der Waals surface area contributed by atoms with E-state index >= 15 is 0 Å². The van der Waals surface area contributed by atoms with Gasteiger partial charge in [-0.15, -0.1) is 0 Å². The summed E-state index contributed by atoms with van der Waals surface area (Å²) in [6, 6.07) is 0. The van der Waals surface area contributed by atoms with Crippen LogP contribution in [0.3, 0.4) is 0 Å². The number of ether oxygens (including phenoxy) is 1. The van der Waals surface area contributed by atoms with Crippen LogP contribution in [0.1, 0.15) is 39.5 Å². The number of cyclic esters (lactones) is 2. The molecule has 2 aliphatic carbocycles. The number of carbonyl (C=O) groups is 2. The number of hydrogen-bond donors (Lipinski definition) is 0. The molecule has 6 atom stereocenters. The molecule has 6 unspecified atom stereocenters. The first-order chi connectivity index (χ1) is 8.13. The van der Waals surface area contributed by atoms with Crippen LogP contribution in [0.15, 0.2) is 0 Å². The van der Waals surface area contributed by atoms with Gasteiger partial charge in [-0.25, -0.2) is 0 Å². The van der Waals surface area contributed by atoms with Gasteiger partial charge in [0.2, 0.25) is 0 Å². The molecule has 0 aromatic rings. The van der Waals surface area contributed by atoms with Crippen molar-refractivity contribution in [2.75, 3.05) is 0 Å². The van der Waals surface area contributed by atoms with Gasteiger partial charge in [0.1, 0.15) is 0 Å². The Morgan fingerprint density at radius 2 is 1.88 bits per heavy atom. The molecule has 1 aliphatic heterocycles. The summed E-state index contributed by atoms with van der Waals surface area (Å²) in [4.78, 5) is 23.4. The molecule has 17 heavy (non-hydrogen) atoms. The van der Waals surface area contributed by atoms with Gasteiger partial charge in [0, 0.05) is 0 Å². The first-order valence-corrected chi connectivity index (χ1v) is 6.89. The lowest BCUT2D eigenvalue weighted by Crippen LogP contribution is -2.34. The summed E-state index contributed by atoms with van der Waals surface area (Å²) in [7, 11) is 0. The highest BCUT2D eigenvalue weighted by Crippen LogP contribution is 2.57. The van der Waals surface area contributed by atoms with Gasteiger partial charge in [-0.1, -0.05) is 20.3 Å². The standard InChI is InChI=1S/C14H20O3/c1-3-10-8-4-5-9(6-8)12(10)11-7(2)13(15)17-14(11)16/h7-12H,3-6H2,1-2H3. The summed E-state index contributed by atoms with van der Waals surface area (Å²) in [6.07, 6.45) is 4.98. The number of fused-ring (bicyclic) bond motifs is 2. The lowest BCUT2D eigenvalue weighted by Gasteiger charge is -2.34. The quantitative estimate of drug-likeness (QED) is 0.546. The van der Waals surface area contributed by atoms with Crippen LogP contribution in [-0.4, -0.2) is 11.9 Å². The van der Waals surface area contributed by atoms with Crippen LogP contribution in [0.4, 0.5) is 0 Å². The van der Waals surface area contributed by atoms with Crippen molar-refractivity contribution in [1.82, 2.24) is 0 Å². The van der Waals surface area contributed by atoms with Gasteiger partial charge in [-0.2, -0.15) is 0 Å². The molecule has 1 heterocycles. The minimum absolute atomic E-state index is 0.150. The maximum Gasteiger partial charge on any atom is 0.317 e. The van der Waals surface area contributed by atoms with E-state index < -0.39 is 0 Å². The molecule has 0 spiro atoms. The Labute approximate surface area is 102 Å². The molecule has 3 aliphatic rings. The van der Waals surface area contributed by atoms with Crippen molar-refractivity contribution in [3.63, 3.8) is 0 Å². The second-order valence-corrected chi connectivity index (χ2v) is 6.04. The minimum atomic E-state index is -0.308. The normalized spacial score (nSPS) is 48.8. The first-order valence-electron chi connectivity index (χ1n) is 6.89. The van der Waals surface area contributed by atoms with E-state index in [4.69, 9.17) is 4.74 Å². The highest BCUT2D eigenvalue weighted by Gasteiger charge is 2.56. The number of esters is 2. The fourth-order valence-electron chi connectivity index (χ4n) is 4.72. The molecule has 0 aromatic heterocycles. The van der Waals surface area contributed by atoms with Crippen LogP contribution in [0.25, 0.3) is 0 Å². The molecule has 3 nitrogen and oxygen atoms in total. The Hall–Kier alpha value is -0.860. The van der Waals surface area contributed by atoms with E-state index in [0.717, 1.165) is 12.3 Å². The van der Waals surface area contributed by atoms with Crippen LogP contribution in [0.5, 0.6) is 0 Å². The summed E-state index contributed by atoms with van der Waals surface area (Å²) >= 11 is 0. The highest BCUT2D eigenvalue weighted by molar-refractivity contribution is 5.96. The van der Waals surface area contributed by atoms with Gasteiger partial charge >= 0.3 is 11.9 Å². The summed E-state index contributed by atoms with van der Waals surface area (Å²) < 4.78 is 4.82. The first kappa shape index (κ1) is 11.2. The zero-order valence-electron chi connectivity index (χ0n) is 10.5. The zero-order valence-corrected chi connectivity index (χ0v) is 10.5. The second kappa shape index (κ2) is 3.82. The Balaban J connectivity index is 1.88. The van der Waals surface area contributed by atoms with E-state index in [1.165, 1.54) is 19.3 Å².